The Bertz CT molecular complexity index is 760. The second-order valence-electron chi connectivity index (χ2n) is 6.69. The van der Waals surface area contributed by atoms with Crippen molar-refractivity contribution in [2.75, 3.05) is 27.4 Å². The number of hydrogen-bond donors (Lipinski definition) is 2. The molecular weight excluding hydrogens is 376 g/mol. The van der Waals surface area contributed by atoms with Gasteiger partial charge in [0.05, 0.1) is 20.6 Å². The fourth-order valence-electron chi connectivity index (χ4n) is 3.03. The molecule has 0 bridgehead atoms. The van der Waals surface area contributed by atoms with Gasteiger partial charge in [-0.3, -0.25) is 14.9 Å². The van der Waals surface area contributed by atoms with E-state index in [9.17, 15) is 14.4 Å². The van der Waals surface area contributed by atoms with E-state index < -0.39 is 24.5 Å². The number of hydrogen-bond acceptors (Lipinski definition) is 6. The maximum atomic E-state index is 11.9. The summed E-state index contributed by atoms with van der Waals surface area (Å²) in [5.74, 6) is -0.219. The Balaban J connectivity index is 1.66. The number of nitrogens with one attached hydrogen (secondary N) is 2. The average Bonchev–Trinajstić information content (AvgIpc) is 2.73. The Morgan fingerprint density at radius 2 is 1.86 bits per heavy atom. The molecule has 0 atom stereocenters. The molecule has 1 aromatic rings. The van der Waals surface area contributed by atoms with Crippen LogP contribution in [0.3, 0.4) is 0 Å². The number of imide groups is 1. The first-order chi connectivity index (χ1) is 14.0. The zero-order chi connectivity index (χ0) is 21.1. The van der Waals surface area contributed by atoms with Crippen molar-refractivity contribution < 1.29 is 28.6 Å². The SMILES string of the molecule is COc1ccc(CC(=O)OCC(=O)NC(=O)NCCC2=CCCCC2)cc1OC. The number of allylic oxidation sites excluding steroid dienone is 1. The monoisotopic (exact) mass is 404 g/mol. The van der Waals surface area contributed by atoms with Crippen LogP contribution in [0.25, 0.3) is 0 Å². The molecule has 0 spiro atoms. The van der Waals surface area contributed by atoms with Crippen molar-refractivity contribution in [1.82, 2.24) is 10.6 Å². The first-order valence-electron chi connectivity index (χ1n) is 9.64. The molecule has 0 saturated heterocycles. The van der Waals surface area contributed by atoms with E-state index >= 15 is 0 Å². The van der Waals surface area contributed by atoms with Crippen LogP contribution in [-0.2, 0) is 20.7 Å². The minimum atomic E-state index is -0.681. The van der Waals surface area contributed by atoms with Crippen LogP contribution in [0.15, 0.2) is 29.8 Å². The highest BCUT2D eigenvalue weighted by atomic mass is 16.5. The normalized spacial score (nSPS) is 13.1. The summed E-state index contributed by atoms with van der Waals surface area (Å²) in [5, 5.41) is 4.78. The molecule has 0 aromatic heterocycles. The molecular formula is C21H28N2O6. The number of urea groups is 1. The zero-order valence-corrected chi connectivity index (χ0v) is 16.9. The van der Waals surface area contributed by atoms with Gasteiger partial charge in [-0.05, 0) is 49.8 Å². The van der Waals surface area contributed by atoms with E-state index in [1.165, 1.54) is 32.6 Å². The summed E-state index contributed by atoms with van der Waals surface area (Å²) in [5.41, 5.74) is 2.00. The van der Waals surface area contributed by atoms with Crippen LogP contribution in [0, 0.1) is 0 Å². The van der Waals surface area contributed by atoms with E-state index in [4.69, 9.17) is 14.2 Å². The van der Waals surface area contributed by atoms with E-state index in [0.717, 1.165) is 19.3 Å². The second-order valence-corrected chi connectivity index (χ2v) is 6.69. The van der Waals surface area contributed by atoms with Gasteiger partial charge >= 0.3 is 12.0 Å². The van der Waals surface area contributed by atoms with Crippen molar-refractivity contribution in [3.05, 3.63) is 35.4 Å². The molecule has 158 valence electrons. The number of methoxy groups -OCH3 is 2. The van der Waals surface area contributed by atoms with Gasteiger partial charge in [-0.25, -0.2) is 4.79 Å². The Morgan fingerprint density at radius 1 is 1.07 bits per heavy atom. The topological polar surface area (TPSA) is 103 Å². The van der Waals surface area contributed by atoms with E-state index in [2.05, 4.69) is 16.7 Å². The third-order valence-electron chi connectivity index (χ3n) is 4.53. The van der Waals surface area contributed by atoms with Gasteiger partial charge in [0.1, 0.15) is 0 Å². The van der Waals surface area contributed by atoms with Crippen LogP contribution >= 0.6 is 0 Å². The molecule has 0 unspecified atom stereocenters. The van der Waals surface area contributed by atoms with Crippen LogP contribution < -0.4 is 20.1 Å². The summed E-state index contributed by atoms with van der Waals surface area (Å²) in [6.07, 6.45) is 7.53. The van der Waals surface area contributed by atoms with Crippen molar-refractivity contribution in [1.29, 1.82) is 0 Å². The lowest BCUT2D eigenvalue weighted by molar-refractivity contribution is -0.147. The first kappa shape index (κ1) is 22.3. The fraction of sp³-hybridized carbons (Fsp3) is 0.476. The molecule has 0 radical (unpaired) electrons. The summed E-state index contributed by atoms with van der Waals surface area (Å²) < 4.78 is 15.2. The summed E-state index contributed by atoms with van der Waals surface area (Å²) in [6.45, 7) is -0.0608. The van der Waals surface area contributed by atoms with Crippen molar-refractivity contribution >= 4 is 17.9 Å². The second kappa shape index (κ2) is 11.7. The molecule has 1 aliphatic rings. The number of esters is 1. The predicted octanol–water partition coefficient (Wildman–Crippen LogP) is 2.51. The fourth-order valence-corrected chi connectivity index (χ4v) is 3.03. The third kappa shape index (κ3) is 7.85. The van der Waals surface area contributed by atoms with Gasteiger partial charge in [0.25, 0.3) is 5.91 Å². The lowest BCUT2D eigenvalue weighted by Gasteiger charge is -2.13. The highest BCUT2D eigenvalue weighted by molar-refractivity contribution is 5.95. The minimum absolute atomic E-state index is 0.0328. The molecule has 0 fully saturated rings. The van der Waals surface area contributed by atoms with E-state index in [1.54, 1.807) is 18.2 Å². The van der Waals surface area contributed by atoms with Crippen molar-refractivity contribution in [3.63, 3.8) is 0 Å². The molecule has 1 aliphatic carbocycles. The number of amides is 3. The molecule has 0 aliphatic heterocycles. The smallest absolute Gasteiger partial charge is 0.321 e. The maximum Gasteiger partial charge on any atom is 0.321 e. The van der Waals surface area contributed by atoms with Gasteiger partial charge in [-0.15, -0.1) is 0 Å². The highest BCUT2D eigenvalue weighted by Crippen LogP contribution is 2.27. The molecule has 0 heterocycles. The van der Waals surface area contributed by atoms with E-state index in [1.807, 2.05) is 0 Å². The van der Waals surface area contributed by atoms with Crippen molar-refractivity contribution in [2.45, 2.75) is 38.5 Å². The third-order valence-corrected chi connectivity index (χ3v) is 4.53. The standard InChI is InChI=1S/C21H28N2O6/c1-27-17-9-8-16(12-18(17)28-2)13-20(25)29-14-19(24)23-21(26)22-11-10-15-6-4-3-5-7-15/h6,8-9,12H,3-5,7,10-11,13-14H2,1-2H3,(H2,22,23,24,26). The summed E-state index contributed by atoms with van der Waals surface area (Å²) in [7, 11) is 3.02. The lowest BCUT2D eigenvalue weighted by atomic mass is 9.97. The number of carbonyl (C=O) groups excluding carboxylic acids is 3. The van der Waals surface area contributed by atoms with Gasteiger partial charge in [0, 0.05) is 6.54 Å². The molecule has 8 heteroatoms. The molecule has 1 aromatic carbocycles. The van der Waals surface area contributed by atoms with E-state index in [-0.39, 0.29) is 6.42 Å². The molecule has 2 N–H and O–H groups in total. The Morgan fingerprint density at radius 3 is 2.55 bits per heavy atom. The molecule has 29 heavy (non-hydrogen) atoms. The maximum absolute atomic E-state index is 11.9. The quantitative estimate of drug-likeness (QED) is 0.484. The summed E-state index contributed by atoms with van der Waals surface area (Å²) >= 11 is 0. The van der Waals surface area contributed by atoms with Crippen molar-refractivity contribution in [2.24, 2.45) is 0 Å². The largest absolute Gasteiger partial charge is 0.493 e. The van der Waals surface area contributed by atoms with Crippen molar-refractivity contribution in [3.8, 4) is 11.5 Å². The zero-order valence-electron chi connectivity index (χ0n) is 16.9. The summed E-state index contributed by atoms with van der Waals surface area (Å²) in [4.78, 5) is 35.4. The molecule has 3 amide bonds. The Hall–Kier alpha value is -3.03. The van der Waals surface area contributed by atoms with Crippen LogP contribution in [0.1, 0.15) is 37.7 Å². The lowest BCUT2D eigenvalue weighted by Crippen LogP contribution is -2.41. The van der Waals surface area contributed by atoms with Gasteiger partial charge in [0.15, 0.2) is 18.1 Å². The number of rotatable bonds is 9. The number of carbonyl (C=O) groups is 3. The Kier molecular flexibility index (Phi) is 9.01. The van der Waals surface area contributed by atoms with Gasteiger partial charge in [-0.1, -0.05) is 17.7 Å². The summed E-state index contributed by atoms with van der Waals surface area (Å²) in [6, 6.07) is 4.46. The van der Waals surface area contributed by atoms with Gasteiger partial charge < -0.3 is 19.5 Å². The van der Waals surface area contributed by atoms with Gasteiger partial charge in [0.2, 0.25) is 0 Å². The Labute approximate surface area is 170 Å². The molecule has 2 rings (SSSR count). The molecule has 8 nitrogen and oxygen atoms in total. The average molecular weight is 404 g/mol. The minimum Gasteiger partial charge on any atom is -0.493 e. The molecule has 0 saturated carbocycles. The number of ether oxygens (including phenoxy) is 3. The number of benzene rings is 1. The van der Waals surface area contributed by atoms with Crippen LogP contribution in [-0.4, -0.2) is 45.3 Å². The highest BCUT2D eigenvalue weighted by Gasteiger charge is 2.13. The first-order valence-corrected chi connectivity index (χ1v) is 9.64. The van der Waals surface area contributed by atoms with E-state index in [0.29, 0.717) is 23.6 Å². The van der Waals surface area contributed by atoms with Crippen LogP contribution in [0.2, 0.25) is 0 Å². The predicted molar refractivity (Wildman–Crippen MR) is 107 cm³/mol. The van der Waals surface area contributed by atoms with Crippen LogP contribution in [0.4, 0.5) is 4.79 Å². The van der Waals surface area contributed by atoms with Crippen LogP contribution in [0.5, 0.6) is 11.5 Å². The van der Waals surface area contributed by atoms with Gasteiger partial charge in [-0.2, -0.15) is 0 Å².